The molecule has 6 nitrogen and oxygen atoms in total. The summed E-state index contributed by atoms with van der Waals surface area (Å²) in [6.07, 6.45) is 42.8. The van der Waals surface area contributed by atoms with Gasteiger partial charge < -0.3 is 20.3 Å². The van der Waals surface area contributed by atoms with Crippen molar-refractivity contribution in [3.8, 4) is 0 Å². The molecular formula is C46H89NO5. The Balaban J connectivity index is 4.46. The van der Waals surface area contributed by atoms with Gasteiger partial charge in [0.05, 0.1) is 25.2 Å². The van der Waals surface area contributed by atoms with E-state index >= 15 is 0 Å². The zero-order chi connectivity index (χ0) is 38.2. The van der Waals surface area contributed by atoms with Crippen molar-refractivity contribution < 1.29 is 24.5 Å². The van der Waals surface area contributed by atoms with Crippen LogP contribution >= 0.6 is 0 Å². The maximum absolute atomic E-state index is 13.1. The Labute approximate surface area is 323 Å². The number of aliphatic hydroxyl groups is 2. The highest BCUT2D eigenvalue weighted by Crippen LogP contribution is 2.17. The number of aliphatic hydroxyl groups excluding tert-OH is 2. The van der Waals surface area contributed by atoms with Gasteiger partial charge in [-0.25, -0.2) is 0 Å². The molecular weight excluding hydrogens is 647 g/mol. The second-order valence-electron chi connectivity index (χ2n) is 15.8. The van der Waals surface area contributed by atoms with Gasteiger partial charge in [-0.05, 0) is 44.9 Å². The molecule has 0 saturated heterocycles. The minimum Gasteiger partial charge on any atom is -0.462 e. The largest absolute Gasteiger partial charge is 0.462 e. The molecule has 0 aliphatic rings. The van der Waals surface area contributed by atoms with Crippen molar-refractivity contribution in [3.63, 3.8) is 0 Å². The van der Waals surface area contributed by atoms with E-state index in [4.69, 9.17) is 4.74 Å². The van der Waals surface area contributed by atoms with Crippen molar-refractivity contribution in [2.24, 2.45) is 0 Å². The number of carbonyl (C=O) groups is 2. The number of unbranched alkanes of at least 4 members (excludes halogenated alkanes) is 27. The van der Waals surface area contributed by atoms with Crippen LogP contribution in [-0.2, 0) is 14.3 Å². The lowest BCUT2D eigenvalue weighted by Gasteiger charge is -2.24. The van der Waals surface area contributed by atoms with Gasteiger partial charge in [-0.2, -0.15) is 0 Å². The molecule has 3 N–H and O–H groups in total. The van der Waals surface area contributed by atoms with Gasteiger partial charge in [0.2, 0.25) is 5.91 Å². The molecule has 0 aliphatic heterocycles. The van der Waals surface area contributed by atoms with Gasteiger partial charge in [-0.15, -0.1) is 0 Å². The summed E-state index contributed by atoms with van der Waals surface area (Å²) in [5.74, 6) is -0.483. The van der Waals surface area contributed by atoms with E-state index in [-0.39, 0.29) is 24.9 Å². The average molecular weight is 736 g/mol. The van der Waals surface area contributed by atoms with Crippen LogP contribution in [0, 0.1) is 0 Å². The van der Waals surface area contributed by atoms with Crippen LogP contribution in [0.2, 0.25) is 0 Å². The van der Waals surface area contributed by atoms with Crippen LogP contribution < -0.4 is 5.32 Å². The highest BCUT2D eigenvalue weighted by Gasteiger charge is 2.24. The predicted molar refractivity (Wildman–Crippen MR) is 223 cm³/mol. The fourth-order valence-corrected chi connectivity index (χ4v) is 7.08. The quantitative estimate of drug-likeness (QED) is 0.0330. The molecule has 0 aromatic carbocycles. The number of hydrogen-bond donors (Lipinski definition) is 3. The number of hydrogen-bond acceptors (Lipinski definition) is 5. The van der Waals surface area contributed by atoms with E-state index in [0.29, 0.717) is 19.3 Å². The Bertz CT molecular complexity index is 787. The molecule has 0 saturated carbocycles. The normalized spacial score (nSPS) is 13.4. The van der Waals surface area contributed by atoms with E-state index < -0.39 is 18.2 Å². The maximum Gasteiger partial charge on any atom is 0.306 e. The van der Waals surface area contributed by atoms with Crippen LogP contribution in [0.4, 0.5) is 0 Å². The molecule has 308 valence electrons. The first-order valence-electron chi connectivity index (χ1n) is 22.9. The molecule has 1 amide bonds. The molecule has 6 heteroatoms. The van der Waals surface area contributed by atoms with Crippen LogP contribution in [-0.4, -0.2) is 46.9 Å². The molecule has 0 heterocycles. The summed E-state index contributed by atoms with van der Waals surface area (Å²) in [7, 11) is 0. The summed E-state index contributed by atoms with van der Waals surface area (Å²) < 4.78 is 5.87. The maximum atomic E-state index is 13.1. The van der Waals surface area contributed by atoms with Gasteiger partial charge in [0.25, 0.3) is 0 Å². The van der Waals surface area contributed by atoms with Crippen molar-refractivity contribution in [1.82, 2.24) is 5.32 Å². The number of allylic oxidation sites excluding steroid dienone is 2. The van der Waals surface area contributed by atoms with Crippen LogP contribution in [0.15, 0.2) is 12.2 Å². The van der Waals surface area contributed by atoms with E-state index in [1.54, 1.807) is 0 Å². The summed E-state index contributed by atoms with van der Waals surface area (Å²) in [6.45, 7) is 6.40. The van der Waals surface area contributed by atoms with Crippen molar-refractivity contribution in [2.75, 3.05) is 6.61 Å². The van der Waals surface area contributed by atoms with Crippen molar-refractivity contribution in [1.29, 1.82) is 0 Å². The second-order valence-corrected chi connectivity index (χ2v) is 15.8. The minimum atomic E-state index is -0.783. The highest BCUT2D eigenvalue weighted by molar-refractivity contribution is 5.77. The lowest BCUT2D eigenvalue weighted by atomic mass is 10.0. The molecule has 0 aromatic heterocycles. The van der Waals surface area contributed by atoms with Crippen molar-refractivity contribution >= 4 is 11.9 Å². The van der Waals surface area contributed by atoms with Gasteiger partial charge >= 0.3 is 5.97 Å². The van der Waals surface area contributed by atoms with Crippen LogP contribution in [0.25, 0.3) is 0 Å². The van der Waals surface area contributed by atoms with Crippen LogP contribution in [0.5, 0.6) is 0 Å². The fourth-order valence-electron chi connectivity index (χ4n) is 7.08. The lowest BCUT2D eigenvalue weighted by Crippen LogP contribution is -2.46. The fraction of sp³-hybridized carbons (Fsp3) is 0.913. The SMILES string of the molecule is CCC/C=C\CCCCCC(CC(=O)NC(CO)C(O)CCCCCCCCCCCCCC)OC(=O)CCCCCCCCCCCCCCC. The molecule has 0 spiro atoms. The first-order valence-corrected chi connectivity index (χ1v) is 22.9. The van der Waals surface area contributed by atoms with E-state index in [1.807, 2.05) is 0 Å². The molecule has 3 atom stereocenters. The number of rotatable bonds is 41. The average Bonchev–Trinajstić information content (AvgIpc) is 3.13. The Morgan fingerprint density at radius 1 is 0.538 bits per heavy atom. The Morgan fingerprint density at radius 2 is 0.962 bits per heavy atom. The zero-order valence-corrected chi connectivity index (χ0v) is 35.0. The number of esters is 1. The summed E-state index contributed by atoms with van der Waals surface area (Å²) in [5, 5.41) is 23.6. The molecule has 0 aliphatic carbocycles. The van der Waals surface area contributed by atoms with E-state index in [2.05, 4.69) is 38.2 Å². The van der Waals surface area contributed by atoms with Crippen LogP contribution in [0.1, 0.15) is 245 Å². The Morgan fingerprint density at radius 3 is 1.44 bits per heavy atom. The first kappa shape index (κ1) is 50.6. The molecule has 52 heavy (non-hydrogen) atoms. The summed E-state index contributed by atoms with van der Waals surface area (Å²) >= 11 is 0. The third-order valence-corrected chi connectivity index (χ3v) is 10.6. The standard InChI is InChI=1S/C46H89NO5/c1-4-7-10-13-16-19-21-23-25-27-30-33-36-39-46(51)52-42(37-34-31-28-18-15-12-9-6-3)40-45(50)47-43(41-48)44(49)38-35-32-29-26-24-22-20-17-14-11-8-5-2/h12,15,42-44,48-49H,4-11,13-14,16-41H2,1-3H3,(H,47,50)/b15-12-. The molecule has 0 fully saturated rings. The summed E-state index contributed by atoms with van der Waals surface area (Å²) in [6, 6.07) is -0.697. The van der Waals surface area contributed by atoms with Gasteiger partial charge in [0, 0.05) is 6.42 Å². The van der Waals surface area contributed by atoms with E-state index in [0.717, 1.165) is 64.2 Å². The first-order chi connectivity index (χ1) is 25.5. The monoisotopic (exact) mass is 736 g/mol. The van der Waals surface area contributed by atoms with Crippen molar-refractivity contribution in [3.05, 3.63) is 12.2 Å². The van der Waals surface area contributed by atoms with Crippen molar-refractivity contribution in [2.45, 2.75) is 264 Å². The molecule has 0 rings (SSSR count). The number of nitrogens with one attached hydrogen (secondary N) is 1. The lowest BCUT2D eigenvalue weighted by molar-refractivity contribution is -0.151. The molecule has 0 radical (unpaired) electrons. The van der Waals surface area contributed by atoms with Gasteiger partial charge in [0.15, 0.2) is 0 Å². The van der Waals surface area contributed by atoms with Gasteiger partial charge in [-0.1, -0.05) is 200 Å². The Kier molecular flexibility index (Phi) is 39.7. The van der Waals surface area contributed by atoms with Crippen LogP contribution in [0.3, 0.4) is 0 Å². The summed E-state index contributed by atoms with van der Waals surface area (Å²) in [4.78, 5) is 25.9. The molecule has 0 aromatic rings. The zero-order valence-electron chi connectivity index (χ0n) is 35.0. The number of carbonyl (C=O) groups excluding carboxylic acids is 2. The minimum absolute atomic E-state index is 0.0720. The third-order valence-electron chi connectivity index (χ3n) is 10.6. The second kappa shape index (κ2) is 40.8. The van der Waals surface area contributed by atoms with E-state index in [1.165, 1.54) is 135 Å². The van der Waals surface area contributed by atoms with E-state index in [9.17, 15) is 19.8 Å². The summed E-state index contributed by atoms with van der Waals surface area (Å²) in [5.41, 5.74) is 0. The predicted octanol–water partition coefficient (Wildman–Crippen LogP) is 13.0. The van der Waals surface area contributed by atoms with Gasteiger partial charge in [-0.3, -0.25) is 9.59 Å². The molecule has 0 bridgehead atoms. The van der Waals surface area contributed by atoms with Gasteiger partial charge in [0.1, 0.15) is 6.10 Å². The Hall–Kier alpha value is -1.40. The topological polar surface area (TPSA) is 95.9 Å². The highest BCUT2D eigenvalue weighted by atomic mass is 16.5. The molecule has 3 unspecified atom stereocenters. The number of amides is 1. The smallest absolute Gasteiger partial charge is 0.306 e. The third kappa shape index (κ3) is 35.6. The number of ether oxygens (including phenoxy) is 1.